The number of ketones is 1. The highest BCUT2D eigenvalue weighted by Gasteiger charge is 2.37. The van der Waals surface area contributed by atoms with Crippen LogP contribution in [0.25, 0.3) is 0 Å². The Morgan fingerprint density at radius 3 is 1.63 bits per heavy atom. The first kappa shape index (κ1) is 20.0. The van der Waals surface area contributed by atoms with Crippen molar-refractivity contribution in [3.63, 3.8) is 0 Å². The lowest BCUT2D eigenvalue weighted by Crippen LogP contribution is -2.28. The van der Waals surface area contributed by atoms with E-state index in [9.17, 15) is 9.36 Å². The molecule has 3 aromatic carbocycles. The molecule has 0 saturated heterocycles. The Hall–Kier alpha value is -1.74. The molecular weight excluding hydrogens is 439 g/mol. The van der Waals surface area contributed by atoms with Crippen LogP contribution < -0.4 is 10.6 Å². The number of carbonyl (C=O) groups is 1. The fourth-order valence-corrected chi connectivity index (χ4v) is 8.78. The second-order valence-electron chi connectivity index (χ2n) is 6.24. The molecule has 0 atom stereocenters. The van der Waals surface area contributed by atoms with E-state index < -0.39 is 17.6 Å². The Morgan fingerprint density at radius 2 is 1.22 bits per heavy atom. The molecule has 3 rings (SSSR count). The SMILES string of the molecule is CS(C)=C(C(=O)c1ccc(Br)cc1)P(=O)(c1ccccc1)c1ccccc1. The lowest BCUT2D eigenvalue weighted by atomic mass is 10.1. The van der Waals surface area contributed by atoms with Crippen molar-refractivity contribution in [3.05, 3.63) is 95.0 Å². The summed E-state index contributed by atoms with van der Waals surface area (Å²) in [6.45, 7) is 0. The van der Waals surface area contributed by atoms with Crippen LogP contribution in [0, 0.1) is 0 Å². The third-order valence-electron chi connectivity index (χ3n) is 4.21. The molecule has 0 bridgehead atoms. The summed E-state index contributed by atoms with van der Waals surface area (Å²) in [4.78, 5) is 13.5. The molecule has 2 nitrogen and oxygen atoms in total. The van der Waals surface area contributed by atoms with Gasteiger partial charge in [0.1, 0.15) is 0 Å². The van der Waals surface area contributed by atoms with Gasteiger partial charge in [-0.2, -0.15) is 10.5 Å². The number of rotatable bonds is 5. The van der Waals surface area contributed by atoms with Gasteiger partial charge in [0.15, 0.2) is 7.14 Å². The number of halogens is 1. The lowest BCUT2D eigenvalue weighted by molar-refractivity contribution is 0.107. The van der Waals surface area contributed by atoms with Gasteiger partial charge < -0.3 is 4.57 Å². The van der Waals surface area contributed by atoms with E-state index in [1.165, 1.54) is 0 Å². The summed E-state index contributed by atoms with van der Waals surface area (Å²) in [5.41, 5.74) is 0.557. The minimum atomic E-state index is -3.26. The summed E-state index contributed by atoms with van der Waals surface area (Å²) in [6, 6.07) is 25.9. The van der Waals surface area contributed by atoms with Gasteiger partial charge in [0.25, 0.3) is 0 Å². The summed E-state index contributed by atoms with van der Waals surface area (Å²) in [5.74, 6) is -0.146. The van der Waals surface area contributed by atoms with Gasteiger partial charge in [-0.15, -0.1) is 0 Å². The maximum absolute atomic E-state index is 14.6. The molecule has 0 aromatic heterocycles. The molecule has 0 saturated carbocycles. The Labute approximate surface area is 171 Å². The molecule has 0 amide bonds. The molecule has 0 N–H and O–H groups in total. The van der Waals surface area contributed by atoms with Gasteiger partial charge in [0.2, 0.25) is 5.78 Å². The Morgan fingerprint density at radius 1 is 0.778 bits per heavy atom. The zero-order chi connectivity index (χ0) is 19.4. The van der Waals surface area contributed by atoms with Crippen molar-refractivity contribution in [2.75, 3.05) is 12.5 Å². The predicted octanol–water partition coefficient (Wildman–Crippen LogP) is 5.30. The second kappa shape index (κ2) is 8.52. The molecule has 0 spiro atoms. The predicted molar refractivity (Wildman–Crippen MR) is 123 cm³/mol. The van der Waals surface area contributed by atoms with Gasteiger partial charge >= 0.3 is 0 Å². The molecule has 138 valence electrons. The third-order valence-corrected chi connectivity index (χ3v) is 10.4. The largest absolute Gasteiger partial charge is 0.308 e. The molecule has 0 fully saturated rings. The van der Waals surface area contributed by atoms with E-state index in [1.54, 1.807) is 12.1 Å². The smallest absolute Gasteiger partial charge is 0.202 e. The number of benzene rings is 3. The van der Waals surface area contributed by atoms with Crippen molar-refractivity contribution in [1.82, 2.24) is 0 Å². The van der Waals surface area contributed by atoms with Gasteiger partial charge in [-0.05, 0) is 36.8 Å². The quantitative estimate of drug-likeness (QED) is 0.295. The van der Waals surface area contributed by atoms with E-state index in [1.807, 2.05) is 85.3 Å². The van der Waals surface area contributed by atoms with Crippen LogP contribution in [0.2, 0.25) is 0 Å². The lowest BCUT2D eigenvalue weighted by Gasteiger charge is -2.23. The fourth-order valence-electron chi connectivity index (χ4n) is 2.97. The number of hydrogen-bond acceptors (Lipinski definition) is 2. The van der Waals surface area contributed by atoms with Crippen LogP contribution >= 0.6 is 33.6 Å². The van der Waals surface area contributed by atoms with E-state index >= 15 is 0 Å². The van der Waals surface area contributed by atoms with Crippen LogP contribution in [0.15, 0.2) is 89.4 Å². The maximum Gasteiger partial charge on any atom is 0.202 e. The molecular formula is C22H20BrO2PS. The van der Waals surface area contributed by atoms with E-state index in [0.29, 0.717) is 20.8 Å². The Bertz CT molecular complexity index is 981. The zero-order valence-corrected chi connectivity index (χ0v) is 18.4. The standard InChI is InChI=1S/C22H20BrO2PS/c1-27(2)22(21(24)17-13-15-18(23)16-14-17)26(25,19-9-5-3-6-10-19)20-11-7-4-8-12-20/h3-16H,1-2H3. The van der Waals surface area contributed by atoms with Crippen molar-refractivity contribution >= 4 is 54.6 Å². The molecule has 27 heavy (non-hydrogen) atoms. The number of carbonyl (C=O) groups excluding carboxylic acids is 1. The van der Waals surface area contributed by atoms with E-state index in [-0.39, 0.29) is 5.78 Å². The molecule has 5 heteroatoms. The zero-order valence-electron chi connectivity index (χ0n) is 15.1. The van der Waals surface area contributed by atoms with E-state index in [2.05, 4.69) is 15.9 Å². The average molecular weight is 459 g/mol. The molecule has 0 aliphatic heterocycles. The van der Waals surface area contributed by atoms with Gasteiger partial charge in [-0.25, -0.2) is 0 Å². The van der Waals surface area contributed by atoms with Crippen LogP contribution in [0.3, 0.4) is 0 Å². The van der Waals surface area contributed by atoms with Gasteiger partial charge in [0, 0.05) is 20.6 Å². The first-order chi connectivity index (χ1) is 12.9. The molecule has 0 radical (unpaired) electrons. The minimum absolute atomic E-state index is 0.146. The average Bonchev–Trinajstić information content (AvgIpc) is 2.69. The summed E-state index contributed by atoms with van der Waals surface area (Å²) < 4.78 is 16.0. The van der Waals surface area contributed by atoms with Crippen molar-refractivity contribution in [2.45, 2.75) is 0 Å². The van der Waals surface area contributed by atoms with Gasteiger partial charge in [0.05, 0.1) is 4.61 Å². The van der Waals surface area contributed by atoms with E-state index in [4.69, 9.17) is 0 Å². The van der Waals surface area contributed by atoms with E-state index in [0.717, 1.165) is 4.47 Å². The first-order valence-electron chi connectivity index (χ1n) is 8.41. The number of hydrogen-bond donors (Lipinski definition) is 0. The van der Waals surface area contributed by atoms with Crippen molar-refractivity contribution < 1.29 is 9.36 Å². The molecule has 0 heterocycles. The van der Waals surface area contributed by atoms with Crippen LogP contribution in [0.5, 0.6) is 0 Å². The van der Waals surface area contributed by atoms with Crippen LogP contribution in [0.4, 0.5) is 0 Å². The monoisotopic (exact) mass is 458 g/mol. The van der Waals surface area contributed by atoms with Crippen molar-refractivity contribution in [3.8, 4) is 0 Å². The highest BCUT2D eigenvalue weighted by Crippen LogP contribution is 2.49. The summed E-state index contributed by atoms with van der Waals surface area (Å²) in [5, 5.41) is 1.38. The molecule has 0 unspecified atom stereocenters. The highest BCUT2D eigenvalue weighted by molar-refractivity contribution is 9.10. The summed E-state index contributed by atoms with van der Waals surface area (Å²) >= 11 is 3.40. The van der Waals surface area contributed by atoms with Gasteiger partial charge in [-0.3, -0.25) is 4.79 Å². The second-order valence-corrected chi connectivity index (χ2v) is 12.2. The van der Waals surface area contributed by atoms with Crippen LogP contribution in [0.1, 0.15) is 10.4 Å². The Kier molecular flexibility index (Phi) is 6.31. The van der Waals surface area contributed by atoms with Crippen molar-refractivity contribution in [1.29, 1.82) is 0 Å². The minimum Gasteiger partial charge on any atom is -0.308 e. The fraction of sp³-hybridized carbons (Fsp3) is 0.0909. The maximum atomic E-state index is 14.6. The Balaban J connectivity index is 2.26. The van der Waals surface area contributed by atoms with Gasteiger partial charge in [-0.1, -0.05) is 76.6 Å². The van der Waals surface area contributed by atoms with Crippen LogP contribution in [-0.4, -0.2) is 22.9 Å². The molecule has 3 aromatic rings. The normalized spacial score (nSPS) is 11.4. The summed E-state index contributed by atoms with van der Waals surface area (Å²) in [6.07, 6.45) is 3.93. The highest BCUT2D eigenvalue weighted by atomic mass is 79.9. The topological polar surface area (TPSA) is 34.1 Å². The van der Waals surface area contributed by atoms with Crippen molar-refractivity contribution in [2.24, 2.45) is 0 Å². The molecule has 0 aliphatic carbocycles. The third kappa shape index (κ3) is 4.08. The summed E-state index contributed by atoms with van der Waals surface area (Å²) in [7, 11) is -3.72. The van der Waals surface area contributed by atoms with Crippen LogP contribution in [-0.2, 0) is 4.57 Å². The first-order valence-corrected chi connectivity index (χ1v) is 13.0. The number of Topliss-reactive ketones (excluding diaryl/α,β-unsaturated/α-hetero) is 1. The molecule has 0 aliphatic rings.